The van der Waals surface area contributed by atoms with E-state index in [-0.39, 0.29) is 29.7 Å². The first kappa shape index (κ1) is 28.1. The summed E-state index contributed by atoms with van der Waals surface area (Å²) in [5.41, 5.74) is 2.76. The molecule has 0 bridgehead atoms. The van der Waals surface area contributed by atoms with Crippen molar-refractivity contribution in [2.45, 2.75) is 69.2 Å². The van der Waals surface area contributed by atoms with Gasteiger partial charge in [0.2, 0.25) is 5.78 Å². The number of ether oxygens (including phenoxy) is 1. The molecule has 40 heavy (non-hydrogen) atoms. The van der Waals surface area contributed by atoms with E-state index >= 15 is 0 Å². The number of aliphatic hydroxyl groups excluding tert-OH is 2. The largest absolute Gasteiger partial charge is 0.510 e. The minimum absolute atomic E-state index is 0.0555. The lowest BCUT2D eigenvalue weighted by molar-refractivity contribution is -0.138. The van der Waals surface area contributed by atoms with Crippen LogP contribution in [0.2, 0.25) is 0 Å². The smallest absolute Gasteiger partial charge is 0.254 e. The molecule has 0 spiro atoms. The number of primary amides is 1. The molecule has 1 aromatic carbocycles. The lowest BCUT2D eigenvalue weighted by Gasteiger charge is -2.51. The van der Waals surface area contributed by atoms with Crippen LogP contribution >= 0.6 is 0 Å². The number of rotatable bonds is 6. The van der Waals surface area contributed by atoms with Crippen molar-refractivity contribution in [1.29, 1.82) is 5.41 Å². The first-order valence-electron chi connectivity index (χ1n) is 13.8. The molecule has 1 aromatic rings. The van der Waals surface area contributed by atoms with Gasteiger partial charge in [-0.25, -0.2) is 0 Å². The van der Waals surface area contributed by atoms with Gasteiger partial charge in [-0.15, -0.1) is 0 Å². The number of fused-ring (bicyclic) bond motifs is 3. The highest BCUT2D eigenvalue weighted by Crippen LogP contribution is 2.53. The molecule has 8 N–H and O–H groups in total. The Hall–Kier alpha value is -3.41. The molecule has 4 atom stereocenters. The van der Waals surface area contributed by atoms with Crippen LogP contribution in [-0.2, 0) is 22.6 Å². The molecule has 4 aliphatic rings. The van der Waals surface area contributed by atoms with Crippen molar-refractivity contribution in [3.05, 3.63) is 39.7 Å². The molecule has 1 amide bonds. The molecule has 0 aromatic heterocycles. The molecule has 0 unspecified atom stereocenters. The Labute approximate surface area is 232 Å². The quantitative estimate of drug-likeness (QED) is 0.275. The monoisotopic (exact) mass is 554 g/mol. The Morgan fingerprint density at radius 3 is 2.50 bits per heavy atom. The van der Waals surface area contributed by atoms with Gasteiger partial charge in [0.15, 0.2) is 5.60 Å². The van der Waals surface area contributed by atoms with Crippen LogP contribution in [0.15, 0.2) is 23.0 Å². The number of carbonyl (C=O) groups excluding carboxylic acids is 2. The summed E-state index contributed by atoms with van der Waals surface area (Å²) in [4.78, 5) is 27.8. The van der Waals surface area contributed by atoms with Crippen molar-refractivity contribution in [1.82, 2.24) is 10.2 Å². The number of benzene rings is 1. The van der Waals surface area contributed by atoms with Crippen molar-refractivity contribution in [2.75, 3.05) is 21.2 Å². The molecule has 11 nitrogen and oxygen atoms in total. The highest BCUT2D eigenvalue weighted by Gasteiger charge is 2.63. The zero-order chi connectivity index (χ0) is 29.1. The minimum Gasteiger partial charge on any atom is -0.510 e. The second-order valence-electron chi connectivity index (χ2n) is 11.7. The van der Waals surface area contributed by atoms with E-state index in [2.05, 4.69) is 5.32 Å². The Kier molecular flexibility index (Phi) is 7.18. The Morgan fingerprint density at radius 2 is 1.90 bits per heavy atom. The summed E-state index contributed by atoms with van der Waals surface area (Å²) in [5, 5.41) is 57.4. The number of ketones is 1. The van der Waals surface area contributed by atoms with Gasteiger partial charge >= 0.3 is 0 Å². The van der Waals surface area contributed by atoms with Crippen molar-refractivity contribution in [3.8, 4) is 11.5 Å². The van der Waals surface area contributed by atoms with Crippen LogP contribution in [0.25, 0.3) is 5.76 Å². The van der Waals surface area contributed by atoms with Gasteiger partial charge in [-0.1, -0.05) is 19.3 Å². The number of hydrogen-bond donors (Lipinski definition) is 7. The van der Waals surface area contributed by atoms with Gasteiger partial charge in [-0.2, -0.15) is 0 Å². The minimum atomic E-state index is -2.51. The molecule has 4 aliphatic carbocycles. The molecule has 0 heterocycles. The van der Waals surface area contributed by atoms with Crippen molar-refractivity contribution >= 4 is 23.2 Å². The Balaban J connectivity index is 1.59. The van der Waals surface area contributed by atoms with Gasteiger partial charge in [0.05, 0.1) is 24.4 Å². The van der Waals surface area contributed by atoms with Crippen LogP contribution in [0.3, 0.4) is 0 Å². The predicted octanol–water partition coefficient (Wildman–Crippen LogP) is 1.85. The molecule has 0 aliphatic heterocycles. The molecule has 0 radical (unpaired) electrons. The fourth-order valence-electron chi connectivity index (χ4n) is 7.36. The maximum Gasteiger partial charge on any atom is 0.254 e. The van der Waals surface area contributed by atoms with E-state index in [1.165, 1.54) is 32.4 Å². The Bertz CT molecular complexity index is 1340. The fourth-order valence-corrected chi connectivity index (χ4v) is 7.36. The topological polar surface area (TPSA) is 189 Å². The van der Waals surface area contributed by atoms with E-state index in [1.54, 1.807) is 19.0 Å². The molecular weight excluding hydrogens is 516 g/mol. The SMILES string of the molecule is COc1c(CNC2CCCCC2)cc(O)c2c1C[C@H]1C[C@H]3[C@H](N(C)C)C(O)=C(C(N)=O)C(=N)[C@@]3(O)C(=O)C1=C2O. The summed E-state index contributed by atoms with van der Waals surface area (Å²) in [5.74, 6) is -4.34. The molecule has 2 saturated carbocycles. The van der Waals surface area contributed by atoms with E-state index in [0.29, 0.717) is 23.9 Å². The Morgan fingerprint density at radius 1 is 1.23 bits per heavy atom. The summed E-state index contributed by atoms with van der Waals surface area (Å²) >= 11 is 0. The van der Waals surface area contributed by atoms with Crippen LogP contribution in [0.4, 0.5) is 0 Å². The van der Waals surface area contributed by atoms with E-state index in [4.69, 9.17) is 15.9 Å². The lowest BCUT2D eigenvalue weighted by atomic mass is 9.56. The van der Waals surface area contributed by atoms with Gasteiger partial charge in [-0.05, 0) is 51.8 Å². The highest BCUT2D eigenvalue weighted by molar-refractivity contribution is 6.33. The number of aromatic hydroxyl groups is 1. The number of phenols is 1. The van der Waals surface area contributed by atoms with Crippen LogP contribution in [0.1, 0.15) is 55.2 Å². The van der Waals surface area contributed by atoms with Gasteiger partial charge in [-0.3, -0.25) is 14.5 Å². The summed E-state index contributed by atoms with van der Waals surface area (Å²) < 4.78 is 5.79. The second-order valence-corrected chi connectivity index (χ2v) is 11.7. The van der Waals surface area contributed by atoms with Gasteiger partial charge in [0, 0.05) is 35.2 Å². The van der Waals surface area contributed by atoms with Gasteiger partial charge < -0.3 is 41.6 Å². The molecular formula is C29H38N4O7. The molecule has 2 fully saturated rings. The fraction of sp³-hybridized carbons (Fsp3) is 0.552. The summed E-state index contributed by atoms with van der Waals surface area (Å²) in [6, 6.07) is 0.921. The van der Waals surface area contributed by atoms with Gasteiger partial charge in [0.25, 0.3) is 5.91 Å². The maximum atomic E-state index is 14.0. The van der Waals surface area contributed by atoms with E-state index in [0.717, 1.165) is 18.4 Å². The van der Waals surface area contributed by atoms with E-state index in [1.807, 2.05) is 0 Å². The van der Waals surface area contributed by atoms with Crippen molar-refractivity contribution < 1.29 is 34.8 Å². The highest BCUT2D eigenvalue weighted by atomic mass is 16.5. The predicted molar refractivity (Wildman–Crippen MR) is 147 cm³/mol. The van der Waals surface area contributed by atoms with Crippen LogP contribution in [0, 0.1) is 17.2 Å². The summed E-state index contributed by atoms with van der Waals surface area (Å²) in [6.07, 6.45) is 6.08. The maximum absolute atomic E-state index is 14.0. The number of aliphatic hydroxyl groups is 3. The number of nitrogens with one attached hydrogen (secondary N) is 2. The molecule has 5 rings (SSSR count). The van der Waals surface area contributed by atoms with Crippen molar-refractivity contribution in [3.63, 3.8) is 0 Å². The first-order valence-corrected chi connectivity index (χ1v) is 13.8. The average Bonchev–Trinajstić information content (AvgIpc) is 2.89. The normalized spacial score (nSPS) is 28.9. The standard InChI is InChI=1S/C29H38N4O7/c1-33(2)22-17-10-13-9-16-20(18(34)11-14(25(16)40-3)12-32-15-7-5-4-6-8-15)23(35)19(13)27(37)29(17,39)26(30)21(24(22)36)28(31)38/h11,13,15,17,22,30,32,34-36,39H,4-10,12H2,1-3H3,(H2,31,38)/t13-,17-,22-,29+/m0/s1. The van der Waals surface area contributed by atoms with Gasteiger partial charge in [0.1, 0.15) is 28.6 Å². The number of amides is 1. The van der Waals surface area contributed by atoms with Crippen LogP contribution < -0.4 is 15.8 Å². The van der Waals surface area contributed by atoms with E-state index in [9.17, 15) is 30.0 Å². The van der Waals surface area contributed by atoms with Crippen LogP contribution in [-0.4, -0.2) is 81.6 Å². The molecule has 0 saturated heterocycles. The summed E-state index contributed by atoms with van der Waals surface area (Å²) in [7, 11) is 4.78. The van der Waals surface area contributed by atoms with Crippen LogP contribution in [0.5, 0.6) is 11.5 Å². The van der Waals surface area contributed by atoms with Crippen molar-refractivity contribution in [2.24, 2.45) is 17.6 Å². The number of carbonyl (C=O) groups is 2. The van der Waals surface area contributed by atoms with E-state index < -0.39 is 58.0 Å². The third-order valence-electron chi connectivity index (χ3n) is 9.19. The first-order chi connectivity index (χ1) is 18.9. The number of methoxy groups -OCH3 is 1. The zero-order valence-corrected chi connectivity index (χ0v) is 23.1. The zero-order valence-electron chi connectivity index (χ0n) is 23.1. The number of nitrogens with two attached hydrogens (primary N) is 1. The molecule has 216 valence electrons. The average molecular weight is 555 g/mol. The number of phenolic OH excluding ortho intramolecular Hbond substituents is 1. The number of nitrogens with zero attached hydrogens (tertiary/aromatic N) is 1. The second kappa shape index (κ2) is 10.2. The summed E-state index contributed by atoms with van der Waals surface area (Å²) in [6.45, 7) is 0.465. The number of hydrogen-bond acceptors (Lipinski definition) is 10. The third-order valence-corrected chi connectivity index (χ3v) is 9.19. The number of likely N-dealkylation sites (N-methyl/N-ethyl adjacent to an activating group) is 1. The molecule has 11 heteroatoms. The number of Topliss-reactive ketones (excluding diaryl/α,β-unsaturated/α-hetero) is 1. The lowest BCUT2D eigenvalue weighted by Crippen LogP contribution is -2.67. The third kappa shape index (κ3) is 4.10.